The molecule has 7 heteroatoms. The molecular formula is C11H10BClO5. The van der Waals surface area contributed by atoms with E-state index in [4.69, 9.17) is 25.7 Å². The van der Waals surface area contributed by atoms with E-state index in [1.165, 1.54) is 6.07 Å². The van der Waals surface area contributed by atoms with Gasteiger partial charge < -0.3 is 19.2 Å². The molecule has 1 aromatic rings. The number of rotatable bonds is 2. The molecule has 0 bridgehead atoms. The highest BCUT2D eigenvalue weighted by atomic mass is 35.5. The van der Waals surface area contributed by atoms with Crippen LogP contribution < -0.4 is 5.46 Å². The molecule has 0 aromatic heterocycles. The van der Waals surface area contributed by atoms with Crippen LogP contribution >= 0.6 is 11.6 Å². The van der Waals surface area contributed by atoms with E-state index in [1.807, 2.05) is 0 Å². The lowest BCUT2D eigenvalue weighted by molar-refractivity contribution is -0.103. The number of hydrogen-bond donors (Lipinski definition) is 1. The van der Waals surface area contributed by atoms with Gasteiger partial charge in [-0.15, -0.1) is 0 Å². The Morgan fingerprint density at radius 3 is 2.94 bits per heavy atom. The summed E-state index contributed by atoms with van der Waals surface area (Å²) >= 11 is 6.03. The Morgan fingerprint density at radius 2 is 2.28 bits per heavy atom. The highest BCUT2D eigenvalue weighted by Gasteiger charge is 2.31. The molecule has 0 saturated carbocycles. The van der Waals surface area contributed by atoms with Crippen LogP contribution in [0.1, 0.15) is 15.9 Å². The number of ether oxygens (including phenoxy) is 2. The van der Waals surface area contributed by atoms with Gasteiger partial charge in [0.05, 0.1) is 30.4 Å². The Labute approximate surface area is 109 Å². The first kappa shape index (κ1) is 12.0. The summed E-state index contributed by atoms with van der Waals surface area (Å²) in [6, 6.07) is 3.15. The molecule has 2 heterocycles. The maximum absolute atomic E-state index is 11.9. The van der Waals surface area contributed by atoms with Gasteiger partial charge in [-0.2, -0.15) is 0 Å². The average molecular weight is 268 g/mol. The second-order valence-electron chi connectivity index (χ2n) is 4.26. The van der Waals surface area contributed by atoms with Gasteiger partial charge in [-0.25, -0.2) is 4.79 Å². The molecule has 0 atom stereocenters. The molecule has 0 spiro atoms. The van der Waals surface area contributed by atoms with E-state index < -0.39 is 13.1 Å². The van der Waals surface area contributed by atoms with Crippen molar-refractivity contribution >= 4 is 30.2 Å². The largest absolute Gasteiger partial charge is 0.491 e. The Hall–Kier alpha value is -1.08. The van der Waals surface area contributed by atoms with E-state index in [0.717, 1.165) is 5.56 Å². The maximum Gasteiger partial charge on any atom is 0.491 e. The van der Waals surface area contributed by atoms with Crippen LogP contribution in [-0.2, 0) is 20.7 Å². The Bertz CT molecular complexity index is 502. The molecule has 18 heavy (non-hydrogen) atoms. The van der Waals surface area contributed by atoms with E-state index in [2.05, 4.69) is 0 Å². The average Bonchev–Trinajstić information content (AvgIpc) is 2.64. The first-order chi connectivity index (χ1) is 8.65. The zero-order valence-corrected chi connectivity index (χ0v) is 10.1. The maximum atomic E-state index is 11.9. The standard InChI is InChI=1S/C11H10BClO5/c13-10-1-6-3-17-12(15)9(6)2-8(10)11(14)18-7-4-16-5-7/h1-2,7,15H,3-5H2. The Morgan fingerprint density at radius 1 is 1.50 bits per heavy atom. The zero-order chi connectivity index (χ0) is 12.7. The van der Waals surface area contributed by atoms with E-state index in [-0.39, 0.29) is 11.7 Å². The third kappa shape index (κ3) is 2.01. The van der Waals surface area contributed by atoms with Crippen LogP contribution in [0.3, 0.4) is 0 Å². The van der Waals surface area contributed by atoms with Gasteiger partial charge in [-0.3, -0.25) is 0 Å². The summed E-state index contributed by atoms with van der Waals surface area (Å²) in [5, 5.41) is 9.88. The molecule has 1 aromatic carbocycles. The number of carbonyl (C=O) groups excluding carboxylic acids is 1. The van der Waals surface area contributed by atoms with Crippen molar-refractivity contribution in [2.45, 2.75) is 12.7 Å². The molecule has 94 valence electrons. The van der Waals surface area contributed by atoms with Crippen LogP contribution in [0.5, 0.6) is 0 Å². The van der Waals surface area contributed by atoms with E-state index in [0.29, 0.717) is 30.3 Å². The molecule has 0 amide bonds. The van der Waals surface area contributed by atoms with Gasteiger partial charge in [0.2, 0.25) is 0 Å². The molecule has 2 aliphatic heterocycles. The highest BCUT2D eigenvalue weighted by Crippen LogP contribution is 2.22. The number of esters is 1. The van der Waals surface area contributed by atoms with Crippen LogP contribution in [0.25, 0.3) is 0 Å². The zero-order valence-electron chi connectivity index (χ0n) is 9.39. The predicted octanol–water partition coefficient (Wildman–Crippen LogP) is 0.113. The van der Waals surface area contributed by atoms with Crippen molar-refractivity contribution in [1.29, 1.82) is 0 Å². The topological polar surface area (TPSA) is 65.0 Å². The number of halogens is 1. The lowest BCUT2D eigenvalue weighted by Crippen LogP contribution is -2.38. The first-order valence-electron chi connectivity index (χ1n) is 5.56. The van der Waals surface area contributed by atoms with Crippen LogP contribution in [-0.4, -0.2) is 37.4 Å². The van der Waals surface area contributed by atoms with Crippen LogP contribution in [0.2, 0.25) is 5.02 Å². The van der Waals surface area contributed by atoms with Crippen molar-refractivity contribution in [3.05, 3.63) is 28.3 Å². The summed E-state index contributed by atoms with van der Waals surface area (Å²) in [4.78, 5) is 11.9. The normalized spacial score (nSPS) is 18.4. The van der Waals surface area contributed by atoms with Gasteiger partial charge in [-0.1, -0.05) is 11.6 Å². The van der Waals surface area contributed by atoms with Crippen molar-refractivity contribution < 1.29 is 23.9 Å². The fourth-order valence-corrected chi connectivity index (χ4v) is 2.16. The van der Waals surface area contributed by atoms with E-state index >= 15 is 0 Å². The minimum atomic E-state index is -1.00. The third-order valence-corrected chi connectivity index (χ3v) is 3.31. The monoisotopic (exact) mass is 268 g/mol. The van der Waals surface area contributed by atoms with Crippen molar-refractivity contribution in [1.82, 2.24) is 0 Å². The molecule has 1 N–H and O–H groups in total. The molecular weight excluding hydrogens is 258 g/mol. The molecule has 1 fully saturated rings. The molecule has 0 aliphatic carbocycles. The van der Waals surface area contributed by atoms with E-state index in [1.54, 1.807) is 6.07 Å². The van der Waals surface area contributed by atoms with Gasteiger partial charge >= 0.3 is 13.1 Å². The summed E-state index contributed by atoms with van der Waals surface area (Å²) in [5.41, 5.74) is 1.60. The summed E-state index contributed by atoms with van der Waals surface area (Å²) in [6.07, 6.45) is -0.206. The van der Waals surface area contributed by atoms with Crippen molar-refractivity contribution in [3.8, 4) is 0 Å². The second kappa shape index (κ2) is 4.55. The molecule has 0 radical (unpaired) electrons. The van der Waals surface area contributed by atoms with Crippen molar-refractivity contribution in [2.75, 3.05) is 13.2 Å². The first-order valence-corrected chi connectivity index (χ1v) is 5.93. The number of hydrogen-bond acceptors (Lipinski definition) is 5. The van der Waals surface area contributed by atoms with Crippen LogP contribution in [0.4, 0.5) is 0 Å². The Balaban J connectivity index is 1.87. The minimum absolute atomic E-state index is 0.206. The Kier molecular flexibility index (Phi) is 3.03. The molecule has 1 saturated heterocycles. The number of fused-ring (bicyclic) bond motifs is 1. The van der Waals surface area contributed by atoms with Crippen LogP contribution in [0.15, 0.2) is 12.1 Å². The van der Waals surface area contributed by atoms with Gasteiger partial charge in [0, 0.05) is 0 Å². The van der Waals surface area contributed by atoms with Crippen LogP contribution in [0, 0.1) is 0 Å². The lowest BCUT2D eigenvalue weighted by atomic mass is 9.79. The summed E-state index contributed by atoms with van der Waals surface area (Å²) in [5.74, 6) is -0.504. The number of carbonyl (C=O) groups is 1. The smallest absolute Gasteiger partial charge is 0.454 e. The minimum Gasteiger partial charge on any atom is -0.454 e. The van der Waals surface area contributed by atoms with Gasteiger partial charge in [0.25, 0.3) is 0 Å². The molecule has 0 unspecified atom stereocenters. The van der Waals surface area contributed by atoms with E-state index in [9.17, 15) is 9.82 Å². The number of benzene rings is 1. The third-order valence-electron chi connectivity index (χ3n) is 2.99. The molecule has 2 aliphatic rings. The van der Waals surface area contributed by atoms with Crippen molar-refractivity contribution in [2.24, 2.45) is 0 Å². The second-order valence-corrected chi connectivity index (χ2v) is 4.67. The summed E-state index contributed by atoms with van der Waals surface area (Å²) in [6.45, 7) is 1.13. The van der Waals surface area contributed by atoms with Crippen molar-refractivity contribution in [3.63, 3.8) is 0 Å². The summed E-state index contributed by atoms with van der Waals surface area (Å²) in [7, 11) is -1.00. The van der Waals surface area contributed by atoms with Gasteiger partial charge in [-0.05, 0) is 23.2 Å². The highest BCUT2D eigenvalue weighted by molar-refractivity contribution is 6.61. The predicted molar refractivity (Wildman–Crippen MR) is 63.9 cm³/mol. The summed E-state index contributed by atoms with van der Waals surface area (Å²) < 4.78 is 15.2. The molecule has 3 rings (SSSR count). The fourth-order valence-electron chi connectivity index (χ4n) is 1.90. The fraction of sp³-hybridized carbons (Fsp3) is 0.364. The molecule has 5 nitrogen and oxygen atoms in total. The quantitative estimate of drug-likeness (QED) is 0.609. The SMILES string of the molecule is O=C(OC1COC1)c1cc2c(cc1Cl)COB2O. The van der Waals surface area contributed by atoms with Gasteiger partial charge in [0.15, 0.2) is 0 Å². The van der Waals surface area contributed by atoms with Gasteiger partial charge in [0.1, 0.15) is 6.10 Å². The lowest BCUT2D eigenvalue weighted by Gasteiger charge is -2.25.